The van der Waals surface area contributed by atoms with Gasteiger partial charge in [-0.05, 0) is 25.0 Å². The number of hydrogen-bond donors (Lipinski definition) is 0. The summed E-state index contributed by atoms with van der Waals surface area (Å²) in [5.41, 5.74) is 1.14. The molecule has 4 heteroatoms. The molecule has 0 bridgehead atoms. The molecule has 0 aliphatic heterocycles. The lowest BCUT2D eigenvalue weighted by Crippen LogP contribution is -2.06. The largest absolute Gasteiger partial charge is 0.462 e. The lowest BCUT2D eigenvalue weighted by molar-refractivity contribution is -0.107. The van der Waals surface area contributed by atoms with Crippen molar-refractivity contribution in [3.8, 4) is 0 Å². The second-order valence-electron chi connectivity index (χ2n) is 3.20. The fourth-order valence-electron chi connectivity index (χ4n) is 1.35. The third-order valence-corrected chi connectivity index (χ3v) is 2.55. The normalized spacial score (nSPS) is 9.88. The molecule has 0 aliphatic rings. The van der Waals surface area contributed by atoms with Crippen LogP contribution in [0.5, 0.6) is 0 Å². The van der Waals surface area contributed by atoms with Gasteiger partial charge in [-0.1, -0.05) is 23.7 Å². The van der Waals surface area contributed by atoms with Crippen LogP contribution in [0.2, 0.25) is 5.02 Å². The van der Waals surface area contributed by atoms with E-state index in [0.29, 0.717) is 30.0 Å². The summed E-state index contributed by atoms with van der Waals surface area (Å²) < 4.78 is 4.88. The minimum absolute atomic E-state index is 0.313. The van der Waals surface area contributed by atoms with E-state index in [0.717, 1.165) is 11.8 Å². The summed E-state index contributed by atoms with van der Waals surface area (Å²) in [6, 6.07) is 5.15. The Labute approximate surface area is 99.4 Å². The van der Waals surface area contributed by atoms with Crippen molar-refractivity contribution in [2.45, 2.75) is 19.8 Å². The van der Waals surface area contributed by atoms with Gasteiger partial charge in [-0.3, -0.25) is 0 Å². The minimum Gasteiger partial charge on any atom is -0.462 e. The highest BCUT2D eigenvalue weighted by atomic mass is 35.5. The van der Waals surface area contributed by atoms with Gasteiger partial charge in [-0.2, -0.15) is 0 Å². The molecule has 3 nitrogen and oxygen atoms in total. The number of aryl methyl sites for hydroxylation is 1. The van der Waals surface area contributed by atoms with Crippen LogP contribution in [0.25, 0.3) is 0 Å². The van der Waals surface area contributed by atoms with Gasteiger partial charge in [0.2, 0.25) is 0 Å². The smallest absolute Gasteiger partial charge is 0.339 e. The quantitative estimate of drug-likeness (QED) is 0.587. The number of ether oxygens (including phenoxy) is 1. The first kappa shape index (κ1) is 12.7. The molecule has 1 rings (SSSR count). The van der Waals surface area contributed by atoms with Crippen LogP contribution in [0.3, 0.4) is 0 Å². The number of hydrogen-bond acceptors (Lipinski definition) is 3. The molecule has 0 radical (unpaired) electrons. The van der Waals surface area contributed by atoms with Crippen LogP contribution in [0.15, 0.2) is 18.2 Å². The zero-order valence-electron chi connectivity index (χ0n) is 9.03. The Kier molecular flexibility index (Phi) is 4.99. The van der Waals surface area contributed by atoms with Crippen molar-refractivity contribution in [2.24, 2.45) is 0 Å². The summed E-state index contributed by atoms with van der Waals surface area (Å²) in [5, 5.41) is 0.378. The maximum atomic E-state index is 11.5. The highest BCUT2D eigenvalue weighted by molar-refractivity contribution is 6.34. The van der Waals surface area contributed by atoms with E-state index in [4.69, 9.17) is 16.3 Å². The Bertz CT molecular complexity index is 388. The number of rotatable bonds is 5. The third-order valence-electron chi connectivity index (χ3n) is 2.11. The molecule has 0 aromatic heterocycles. The van der Waals surface area contributed by atoms with Crippen LogP contribution in [-0.2, 0) is 16.0 Å². The van der Waals surface area contributed by atoms with Crippen molar-refractivity contribution in [2.75, 3.05) is 6.61 Å². The van der Waals surface area contributed by atoms with Gasteiger partial charge >= 0.3 is 5.97 Å². The lowest BCUT2D eigenvalue weighted by Gasteiger charge is -2.07. The molecule has 0 spiro atoms. The van der Waals surface area contributed by atoms with Crippen molar-refractivity contribution >= 4 is 23.9 Å². The number of aldehydes is 1. The number of carbonyl (C=O) groups is 2. The Hall–Kier alpha value is -1.35. The van der Waals surface area contributed by atoms with E-state index in [9.17, 15) is 9.59 Å². The van der Waals surface area contributed by atoms with E-state index in [-0.39, 0.29) is 0 Å². The summed E-state index contributed by atoms with van der Waals surface area (Å²) >= 11 is 6.06. The Morgan fingerprint density at radius 1 is 1.50 bits per heavy atom. The van der Waals surface area contributed by atoms with E-state index in [2.05, 4.69) is 0 Å². The molecule has 0 heterocycles. The van der Waals surface area contributed by atoms with Crippen LogP contribution >= 0.6 is 11.6 Å². The Morgan fingerprint density at radius 3 is 2.88 bits per heavy atom. The molecule has 0 amide bonds. The number of benzene rings is 1. The predicted octanol–water partition coefficient (Wildman–Crippen LogP) is 2.65. The number of esters is 1. The van der Waals surface area contributed by atoms with Gasteiger partial charge in [0, 0.05) is 6.42 Å². The summed E-state index contributed by atoms with van der Waals surface area (Å²) in [5.74, 6) is -0.430. The SMILES string of the molecule is CCOC(=O)c1cccc(CCC=O)c1Cl. The summed E-state index contributed by atoms with van der Waals surface area (Å²) in [6.45, 7) is 2.05. The molecule has 0 fully saturated rings. The fraction of sp³-hybridized carbons (Fsp3) is 0.333. The summed E-state index contributed by atoms with van der Waals surface area (Å²) in [6.07, 6.45) is 1.76. The van der Waals surface area contributed by atoms with Crippen LogP contribution < -0.4 is 0 Å². The zero-order valence-corrected chi connectivity index (χ0v) is 9.79. The lowest BCUT2D eigenvalue weighted by atomic mass is 10.1. The molecule has 16 heavy (non-hydrogen) atoms. The molecule has 1 aromatic rings. The fourth-order valence-corrected chi connectivity index (χ4v) is 1.65. The minimum atomic E-state index is -0.430. The molecule has 0 saturated carbocycles. The second kappa shape index (κ2) is 6.28. The molecule has 0 aliphatic carbocycles. The van der Waals surface area contributed by atoms with Gasteiger partial charge in [0.05, 0.1) is 17.2 Å². The van der Waals surface area contributed by atoms with Gasteiger partial charge < -0.3 is 9.53 Å². The van der Waals surface area contributed by atoms with E-state index in [1.54, 1.807) is 25.1 Å². The van der Waals surface area contributed by atoms with Crippen molar-refractivity contribution in [3.05, 3.63) is 34.3 Å². The first-order chi connectivity index (χ1) is 7.70. The molecular formula is C12H13ClO3. The van der Waals surface area contributed by atoms with Gasteiger partial charge in [0.15, 0.2) is 0 Å². The predicted molar refractivity (Wildman–Crippen MR) is 61.8 cm³/mol. The first-order valence-corrected chi connectivity index (χ1v) is 5.46. The number of carbonyl (C=O) groups excluding carboxylic acids is 2. The van der Waals surface area contributed by atoms with Crippen LogP contribution in [-0.4, -0.2) is 18.9 Å². The Morgan fingerprint density at radius 2 is 2.25 bits per heavy atom. The van der Waals surface area contributed by atoms with Gasteiger partial charge in [-0.15, -0.1) is 0 Å². The van der Waals surface area contributed by atoms with Gasteiger partial charge in [-0.25, -0.2) is 4.79 Å². The van der Waals surface area contributed by atoms with Crippen LogP contribution in [0, 0.1) is 0 Å². The average molecular weight is 241 g/mol. The van der Waals surface area contributed by atoms with Crippen molar-refractivity contribution in [1.82, 2.24) is 0 Å². The van der Waals surface area contributed by atoms with Crippen molar-refractivity contribution in [3.63, 3.8) is 0 Å². The maximum absolute atomic E-state index is 11.5. The highest BCUT2D eigenvalue weighted by Crippen LogP contribution is 2.23. The zero-order chi connectivity index (χ0) is 12.0. The third kappa shape index (κ3) is 3.07. The van der Waals surface area contributed by atoms with E-state index in [1.807, 2.05) is 0 Å². The molecule has 86 valence electrons. The molecule has 0 saturated heterocycles. The molecule has 0 atom stereocenters. The Balaban J connectivity index is 2.93. The molecule has 0 unspecified atom stereocenters. The maximum Gasteiger partial charge on any atom is 0.339 e. The molecule has 0 N–H and O–H groups in total. The first-order valence-electron chi connectivity index (χ1n) is 5.08. The standard InChI is InChI=1S/C12H13ClO3/c1-2-16-12(15)10-7-3-5-9(11(10)13)6-4-8-14/h3,5,7-8H,2,4,6H2,1H3. The van der Waals surface area contributed by atoms with E-state index >= 15 is 0 Å². The molecule has 1 aromatic carbocycles. The van der Waals surface area contributed by atoms with E-state index in [1.165, 1.54) is 0 Å². The molecular weight excluding hydrogens is 228 g/mol. The average Bonchev–Trinajstić information content (AvgIpc) is 2.28. The summed E-state index contributed by atoms with van der Waals surface area (Å²) in [7, 11) is 0. The van der Waals surface area contributed by atoms with Crippen LogP contribution in [0.1, 0.15) is 29.3 Å². The number of halogens is 1. The summed E-state index contributed by atoms with van der Waals surface area (Å²) in [4.78, 5) is 21.8. The van der Waals surface area contributed by atoms with Crippen LogP contribution in [0.4, 0.5) is 0 Å². The highest BCUT2D eigenvalue weighted by Gasteiger charge is 2.13. The van der Waals surface area contributed by atoms with Crippen molar-refractivity contribution < 1.29 is 14.3 Å². The van der Waals surface area contributed by atoms with Crippen molar-refractivity contribution in [1.29, 1.82) is 0 Å². The topological polar surface area (TPSA) is 43.4 Å². The van der Waals surface area contributed by atoms with Gasteiger partial charge in [0.25, 0.3) is 0 Å². The monoisotopic (exact) mass is 240 g/mol. The van der Waals surface area contributed by atoms with Gasteiger partial charge in [0.1, 0.15) is 6.29 Å². The second-order valence-corrected chi connectivity index (χ2v) is 3.58. The van der Waals surface area contributed by atoms with E-state index < -0.39 is 5.97 Å².